The molecule has 3 rings (SSSR count). The average molecular weight is 293 g/mol. The van der Waals surface area contributed by atoms with Crippen LogP contribution < -0.4 is 10.6 Å². The van der Waals surface area contributed by atoms with Crippen LogP contribution in [0.1, 0.15) is 5.56 Å². The van der Waals surface area contributed by atoms with E-state index < -0.39 is 17.8 Å². The third-order valence-electron chi connectivity index (χ3n) is 3.16. The minimum Gasteiger partial charge on any atom is -0.273 e. The highest BCUT2D eigenvalue weighted by Crippen LogP contribution is 2.17. The van der Waals surface area contributed by atoms with Gasteiger partial charge in [0.15, 0.2) is 0 Å². The van der Waals surface area contributed by atoms with Gasteiger partial charge in [-0.3, -0.25) is 25.2 Å². The van der Waals surface area contributed by atoms with E-state index in [0.29, 0.717) is 0 Å². The van der Waals surface area contributed by atoms with Gasteiger partial charge in [-0.2, -0.15) is 0 Å². The predicted molar refractivity (Wildman–Crippen MR) is 80.5 cm³/mol. The average Bonchev–Trinajstić information content (AvgIpc) is 2.50. The highest BCUT2D eigenvalue weighted by Gasteiger charge is 2.26. The Morgan fingerprint density at radius 3 is 2.45 bits per heavy atom. The van der Waals surface area contributed by atoms with E-state index in [4.69, 9.17) is 0 Å². The molecule has 2 N–H and O–H groups in total. The molecular weight excluding hydrogens is 282 g/mol. The SMILES string of the molecule is O=C1NC(=O)C(=CC=Cc2ccnc3ccccc23)C(=O)N1. The summed E-state index contributed by atoms with van der Waals surface area (Å²) < 4.78 is 0. The van der Waals surface area contributed by atoms with Crippen LogP contribution in [0, 0.1) is 0 Å². The topological polar surface area (TPSA) is 88.2 Å². The number of urea groups is 1. The standard InChI is InChI=1S/C16H11N3O3/c20-14-12(15(21)19-16(22)18-14)6-3-4-10-8-9-17-13-7-2-1-5-11(10)13/h1-9H,(H2,18,19,20,21,22). The van der Waals surface area contributed by atoms with Crippen LogP contribution in [0.15, 0.2) is 54.3 Å². The number of para-hydroxylation sites is 1. The molecule has 2 aromatic rings. The van der Waals surface area contributed by atoms with Gasteiger partial charge in [-0.25, -0.2) is 4.79 Å². The zero-order chi connectivity index (χ0) is 15.5. The van der Waals surface area contributed by atoms with Crippen molar-refractivity contribution in [3.63, 3.8) is 0 Å². The van der Waals surface area contributed by atoms with Crippen molar-refractivity contribution < 1.29 is 14.4 Å². The Kier molecular flexibility index (Phi) is 3.49. The van der Waals surface area contributed by atoms with Crippen molar-refractivity contribution in [2.45, 2.75) is 0 Å². The number of benzene rings is 1. The molecule has 1 aromatic heterocycles. The third-order valence-corrected chi connectivity index (χ3v) is 3.16. The molecule has 1 fully saturated rings. The third kappa shape index (κ3) is 2.62. The Labute approximate surface area is 125 Å². The number of barbiturate groups is 1. The van der Waals surface area contributed by atoms with Gasteiger partial charge in [0.05, 0.1) is 5.52 Å². The molecule has 0 atom stereocenters. The van der Waals surface area contributed by atoms with E-state index in [0.717, 1.165) is 16.5 Å². The van der Waals surface area contributed by atoms with E-state index in [-0.39, 0.29) is 5.57 Å². The number of aromatic nitrogens is 1. The van der Waals surface area contributed by atoms with Crippen LogP contribution in [0.2, 0.25) is 0 Å². The molecule has 6 heteroatoms. The fourth-order valence-corrected chi connectivity index (χ4v) is 2.14. The molecule has 1 aliphatic rings. The van der Waals surface area contributed by atoms with Gasteiger partial charge in [-0.05, 0) is 23.8 Å². The first-order chi connectivity index (χ1) is 10.6. The molecule has 0 saturated carbocycles. The van der Waals surface area contributed by atoms with E-state index in [1.165, 1.54) is 6.08 Å². The maximum Gasteiger partial charge on any atom is 0.328 e. The Bertz CT molecular complexity index is 825. The lowest BCUT2D eigenvalue weighted by Crippen LogP contribution is -2.51. The highest BCUT2D eigenvalue weighted by molar-refractivity contribution is 6.29. The maximum absolute atomic E-state index is 11.6. The zero-order valence-electron chi connectivity index (χ0n) is 11.4. The maximum atomic E-state index is 11.6. The molecule has 6 nitrogen and oxygen atoms in total. The highest BCUT2D eigenvalue weighted by atomic mass is 16.2. The second kappa shape index (κ2) is 5.61. The van der Waals surface area contributed by atoms with Gasteiger partial charge in [0.1, 0.15) is 5.57 Å². The summed E-state index contributed by atoms with van der Waals surface area (Å²) in [4.78, 5) is 38.3. The molecular formula is C16H11N3O3. The van der Waals surface area contributed by atoms with Crippen molar-refractivity contribution in [1.82, 2.24) is 15.6 Å². The largest absolute Gasteiger partial charge is 0.328 e. The van der Waals surface area contributed by atoms with E-state index in [9.17, 15) is 14.4 Å². The number of rotatable bonds is 2. The number of allylic oxidation sites excluding steroid dienone is 2. The van der Waals surface area contributed by atoms with Gasteiger partial charge in [-0.1, -0.05) is 30.4 Å². The molecule has 1 saturated heterocycles. The molecule has 108 valence electrons. The van der Waals surface area contributed by atoms with E-state index in [1.54, 1.807) is 18.3 Å². The minimum absolute atomic E-state index is 0.116. The molecule has 1 aromatic carbocycles. The molecule has 0 bridgehead atoms. The Morgan fingerprint density at radius 2 is 1.68 bits per heavy atom. The van der Waals surface area contributed by atoms with Gasteiger partial charge in [0, 0.05) is 11.6 Å². The van der Waals surface area contributed by atoms with Crippen LogP contribution >= 0.6 is 0 Å². The molecule has 0 spiro atoms. The summed E-state index contributed by atoms with van der Waals surface area (Å²) >= 11 is 0. The lowest BCUT2D eigenvalue weighted by atomic mass is 10.1. The number of pyridine rings is 1. The van der Waals surface area contributed by atoms with Crippen LogP contribution in [0.4, 0.5) is 4.79 Å². The van der Waals surface area contributed by atoms with Crippen LogP contribution in [-0.2, 0) is 9.59 Å². The van der Waals surface area contributed by atoms with Crippen LogP contribution in [0.25, 0.3) is 17.0 Å². The van der Waals surface area contributed by atoms with Crippen molar-refractivity contribution in [2.75, 3.05) is 0 Å². The fraction of sp³-hybridized carbons (Fsp3) is 0. The summed E-state index contributed by atoms with van der Waals surface area (Å²) in [6.07, 6.45) is 6.42. The van der Waals surface area contributed by atoms with Crippen LogP contribution in [0.5, 0.6) is 0 Å². The first kappa shape index (κ1) is 13.7. The van der Waals surface area contributed by atoms with E-state index >= 15 is 0 Å². The lowest BCUT2D eigenvalue weighted by molar-refractivity contribution is -0.124. The van der Waals surface area contributed by atoms with Gasteiger partial charge in [0.2, 0.25) is 0 Å². The van der Waals surface area contributed by atoms with Gasteiger partial charge >= 0.3 is 6.03 Å². The first-order valence-electron chi connectivity index (χ1n) is 6.54. The second-order valence-corrected chi connectivity index (χ2v) is 4.59. The molecule has 22 heavy (non-hydrogen) atoms. The number of carbonyl (C=O) groups excluding carboxylic acids is 3. The molecule has 0 aliphatic carbocycles. The second-order valence-electron chi connectivity index (χ2n) is 4.59. The summed E-state index contributed by atoms with van der Waals surface area (Å²) in [7, 11) is 0. The number of hydrogen-bond donors (Lipinski definition) is 2. The molecule has 2 heterocycles. The van der Waals surface area contributed by atoms with Crippen molar-refractivity contribution in [1.29, 1.82) is 0 Å². The normalized spacial score (nSPS) is 15.1. The van der Waals surface area contributed by atoms with Crippen LogP contribution in [0.3, 0.4) is 0 Å². The van der Waals surface area contributed by atoms with Gasteiger partial charge < -0.3 is 0 Å². The van der Waals surface area contributed by atoms with E-state index in [2.05, 4.69) is 4.98 Å². The number of nitrogens with zero attached hydrogens (tertiary/aromatic N) is 1. The van der Waals surface area contributed by atoms with E-state index in [1.807, 2.05) is 41.0 Å². The predicted octanol–water partition coefficient (Wildman–Crippen LogP) is 1.54. The summed E-state index contributed by atoms with van der Waals surface area (Å²) in [5, 5.41) is 5.00. The zero-order valence-corrected chi connectivity index (χ0v) is 11.4. The summed E-state index contributed by atoms with van der Waals surface area (Å²) in [6.45, 7) is 0. The smallest absolute Gasteiger partial charge is 0.273 e. The number of fused-ring (bicyclic) bond motifs is 1. The van der Waals surface area contributed by atoms with Crippen LogP contribution in [-0.4, -0.2) is 22.8 Å². The monoisotopic (exact) mass is 293 g/mol. The quantitative estimate of drug-likeness (QED) is 0.649. The number of nitrogens with one attached hydrogen (secondary N) is 2. The first-order valence-corrected chi connectivity index (χ1v) is 6.54. The van der Waals surface area contributed by atoms with Crippen molar-refractivity contribution in [3.8, 4) is 0 Å². The summed E-state index contributed by atoms with van der Waals surface area (Å²) in [6, 6.07) is 8.68. The molecule has 1 aliphatic heterocycles. The Hall–Kier alpha value is -3.28. The summed E-state index contributed by atoms with van der Waals surface area (Å²) in [5.41, 5.74) is 1.65. The minimum atomic E-state index is -0.809. The Balaban J connectivity index is 1.90. The summed E-state index contributed by atoms with van der Waals surface area (Å²) in [5.74, 6) is -1.42. The lowest BCUT2D eigenvalue weighted by Gasteiger charge is -2.13. The van der Waals surface area contributed by atoms with Crippen molar-refractivity contribution in [3.05, 3.63) is 59.8 Å². The van der Waals surface area contributed by atoms with Gasteiger partial charge in [-0.15, -0.1) is 0 Å². The van der Waals surface area contributed by atoms with Crippen molar-refractivity contribution in [2.24, 2.45) is 0 Å². The number of carbonyl (C=O) groups is 3. The molecule has 0 radical (unpaired) electrons. The molecule has 4 amide bonds. The number of imide groups is 2. The number of hydrogen-bond acceptors (Lipinski definition) is 4. The fourth-order valence-electron chi connectivity index (χ4n) is 2.14. The van der Waals surface area contributed by atoms with Crippen molar-refractivity contribution >= 4 is 34.8 Å². The van der Waals surface area contributed by atoms with Gasteiger partial charge in [0.25, 0.3) is 11.8 Å². The Morgan fingerprint density at radius 1 is 0.955 bits per heavy atom. The number of amides is 4. The molecule has 0 unspecified atom stereocenters.